The van der Waals surface area contributed by atoms with Crippen molar-refractivity contribution in [1.82, 2.24) is 9.97 Å². The van der Waals surface area contributed by atoms with E-state index in [1.165, 1.54) is 6.07 Å². The summed E-state index contributed by atoms with van der Waals surface area (Å²) in [6.45, 7) is 1.77. The molecule has 0 aliphatic rings. The molecule has 0 aliphatic heterocycles. The van der Waals surface area contributed by atoms with E-state index in [9.17, 15) is 17.6 Å². The predicted molar refractivity (Wildman–Crippen MR) is 50.7 cm³/mol. The number of hydrogen-bond donors (Lipinski definition) is 1. The first-order valence-electron chi connectivity index (χ1n) is 4.54. The second-order valence-electron chi connectivity index (χ2n) is 3.53. The fourth-order valence-electron chi connectivity index (χ4n) is 1.38. The molecular weight excluding hydrogens is 224 g/mol. The Morgan fingerprint density at radius 2 is 2.00 bits per heavy atom. The summed E-state index contributed by atoms with van der Waals surface area (Å²) in [5.41, 5.74) is 1.42. The second kappa shape index (κ2) is 3.47. The Morgan fingerprint density at radius 1 is 1.31 bits per heavy atom. The molecule has 0 bridgehead atoms. The summed E-state index contributed by atoms with van der Waals surface area (Å²) >= 11 is 0. The van der Waals surface area contributed by atoms with Crippen LogP contribution in [0.2, 0.25) is 0 Å². The Labute approximate surface area is 88.3 Å². The van der Waals surface area contributed by atoms with E-state index in [0.717, 1.165) is 5.56 Å². The fourth-order valence-corrected chi connectivity index (χ4v) is 1.38. The number of nitrogens with one attached hydrogen (secondary N) is 1. The van der Waals surface area contributed by atoms with Crippen LogP contribution in [0, 0.1) is 6.92 Å². The average Bonchev–Trinajstić information content (AvgIpc) is 2.60. The van der Waals surface area contributed by atoms with Gasteiger partial charge in [0.25, 0.3) is 0 Å². The summed E-state index contributed by atoms with van der Waals surface area (Å²) in [6, 6.07) is 4.76. The molecule has 86 valence electrons. The van der Waals surface area contributed by atoms with Gasteiger partial charge in [0.1, 0.15) is 0 Å². The smallest absolute Gasteiger partial charge is 0.337 e. The molecule has 1 aromatic carbocycles. The van der Waals surface area contributed by atoms with E-state index in [1.807, 2.05) is 0 Å². The molecular formula is C10H8F4N2. The van der Waals surface area contributed by atoms with E-state index in [1.54, 1.807) is 19.1 Å². The molecule has 1 aromatic heterocycles. The van der Waals surface area contributed by atoms with Crippen LogP contribution in [0.4, 0.5) is 17.6 Å². The standard InChI is InChI=1S/C10H8F4N2/c1-5-2-3-6-7(4-5)16-9(15-6)10(13,14)8(11)12/h2-4,8H,1H3,(H,15,16). The van der Waals surface area contributed by atoms with Crippen LogP contribution < -0.4 is 0 Å². The van der Waals surface area contributed by atoms with Gasteiger partial charge in [-0.1, -0.05) is 6.07 Å². The van der Waals surface area contributed by atoms with E-state index in [-0.39, 0.29) is 5.52 Å². The zero-order valence-corrected chi connectivity index (χ0v) is 8.27. The lowest BCUT2D eigenvalue weighted by atomic mass is 10.2. The van der Waals surface area contributed by atoms with Gasteiger partial charge in [-0.05, 0) is 24.6 Å². The first kappa shape index (κ1) is 10.9. The van der Waals surface area contributed by atoms with Gasteiger partial charge in [0.15, 0.2) is 5.82 Å². The number of aromatic nitrogens is 2. The Balaban J connectivity index is 2.55. The van der Waals surface area contributed by atoms with E-state index < -0.39 is 18.2 Å². The number of hydrogen-bond acceptors (Lipinski definition) is 1. The lowest BCUT2D eigenvalue weighted by Gasteiger charge is -2.11. The molecule has 1 N–H and O–H groups in total. The lowest BCUT2D eigenvalue weighted by molar-refractivity contribution is -0.140. The number of aromatic amines is 1. The van der Waals surface area contributed by atoms with Gasteiger partial charge in [-0.25, -0.2) is 13.8 Å². The van der Waals surface area contributed by atoms with Crippen LogP contribution in [0.5, 0.6) is 0 Å². The number of fused-ring (bicyclic) bond motifs is 1. The molecule has 16 heavy (non-hydrogen) atoms. The zero-order chi connectivity index (χ0) is 11.9. The Morgan fingerprint density at radius 3 is 2.62 bits per heavy atom. The highest BCUT2D eigenvalue weighted by Gasteiger charge is 2.45. The molecule has 6 heteroatoms. The van der Waals surface area contributed by atoms with Crippen molar-refractivity contribution in [3.8, 4) is 0 Å². The van der Waals surface area contributed by atoms with Gasteiger partial charge >= 0.3 is 12.3 Å². The summed E-state index contributed by atoms with van der Waals surface area (Å²) in [5.74, 6) is -5.24. The van der Waals surface area contributed by atoms with Crippen molar-refractivity contribution in [2.24, 2.45) is 0 Å². The van der Waals surface area contributed by atoms with Crippen molar-refractivity contribution in [1.29, 1.82) is 0 Å². The van der Waals surface area contributed by atoms with Crippen molar-refractivity contribution in [3.63, 3.8) is 0 Å². The molecule has 0 amide bonds. The SMILES string of the molecule is Cc1ccc2nc(C(F)(F)C(F)F)[nH]c2c1. The van der Waals surface area contributed by atoms with Gasteiger partial charge in [0.05, 0.1) is 11.0 Å². The van der Waals surface area contributed by atoms with Crippen molar-refractivity contribution in [3.05, 3.63) is 29.6 Å². The van der Waals surface area contributed by atoms with Crippen LogP contribution in [0.15, 0.2) is 18.2 Å². The maximum atomic E-state index is 13.0. The molecule has 0 unspecified atom stereocenters. The lowest BCUT2D eigenvalue weighted by Crippen LogP contribution is -2.25. The topological polar surface area (TPSA) is 28.7 Å². The average molecular weight is 232 g/mol. The molecule has 2 rings (SSSR count). The van der Waals surface area contributed by atoms with Gasteiger partial charge in [0, 0.05) is 0 Å². The van der Waals surface area contributed by atoms with Crippen LogP contribution in [0.3, 0.4) is 0 Å². The molecule has 0 aliphatic carbocycles. The third-order valence-electron chi connectivity index (χ3n) is 2.23. The Bertz CT molecular complexity index is 519. The molecule has 0 saturated heterocycles. The minimum atomic E-state index is -4.24. The first-order chi connectivity index (χ1) is 7.41. The van der Waals surface area contributed by atoms with Crippen LogP contribution in [-0.4, -0.2) is 16.4 Å². The minimum Gasteiger partial charge on any atom is -0.337 e. The summed E-state index contributed by atoms with van der Waals surface area (Å²) in [4.78, 5) is 5.68. The first-order valence-corrected chi connectivity index (χ1v) is 4.54. The second-order valence-corrected chi connectivity index (χ2v) is 3.53. The normalized spacial score (nSPS) is 12.6. The zero-order valence-electron chi connectivity index (χ0n) is 8.27. The minimum absolute atomic E-state index is 0.251. The summed E-state index contributed by atoms with van der Waals surface area (Å²) < 4.78 is 50.1. The Hall–Kier alpha value is -1.59. The summed E-state index contributed by atoms with van der Waals surface area (Å²) in [7, 11) is 0. The molecule has 0 radical (unpaired) electrons. The van der Waals surface area contributed by atoms with Crippen LogP contribution in [-0.2, 0) is 5.92 Å². The van der Waals surface area contributed by atoms with Crippen molar-refractivity contribution < 1.29 is 17.6 Å². The van der Waals surface area contributed by atoms with Gasteiger partial charge in [-0.15, -0.1) is 0 Å². The van der Waals surface area contributed by atoms with Crippen LogP contribution in [0.1, 0.15) is 11.4 Å². The molecule has 1 heterocycles. The Kier molecular flexibility index (Phi) is 2.36. The quantitative estimate of drug-likeness (QED) is 0.791. The number of nitrogens with zero attached hydrogens (tertiary/aromatic N) is 1. The van der Waals surface area contributed by atoms with Crippen molar-refractivity contribution in [2.45, 2.75) is 19.3 Å². The van der Waals surface area contributed by atoms with E-state index in [4.69, 9.17) is 0 Å². The number of rotatable bonds is 2. The molecule has 0 fully saturated rings. The molecule has 2 nitrogen and oxygen atoms in total. The highest BCUT2D eigenvalue weighted by molar-refractivity contribution is 5.75. The number of benzene rings is 1. The maximum Gasteiger partial charge on any atom is 0.363 e. The molecule has 0 atom stereocenters. The largest absolute Gasteiger partial charge is 0.363 e. The third kappa shape index (κ3) is 1.64. The predicted octanol–water partition coefficient (Wildman–Crippen LogP) is 3.23. The fraction of sp³-hybridized carbons (Fsp3) is 0.300. The number of H-pyrrole nitrogens is 1. The van der Waals surface area contributed by atoms with Gasteiger partial charge in [0.2, 0.25) is 0 Å². The number of aryl methyl sites for hydroxylation is 1. The van der Waals surface area contributed by atoms with E-state index >= 15 is 0 Å². The van der Waals surface area contributed by atoms with Gasteiger partial charge in [-0.3, -0.25) is 0 Å². The van der Waals surface area contributed by atoms with E-state index in [2.05, 4.69) is 9.97 Å². The van der Waals surface area contributed by atoms with Crippen LogP contribution in [0.25, 0.3) is 11.0 Å². The number of halogens is 4. The highest BCUT2D eigenvalue weighted by atomic mass is 19.3. The van der Waals surface area contributed by atoms with Crippen molar-refractivity contribution >= 4 is 11.0 Å². The maximum absolute atomic E-state index is 13.0. The molecule has 0 saturated carbocycles. The molecule has 0 spiro atoms. The number of imidazole rings is 1. The third-order valence-corrected chi connectivity index (χ3v) is 2.23. The highest BCUT2D eigenvalue weighted by Crippen LogP contribution is 2.33. The monoisotopic (exact) mass is 232 g/mol. The van der Waals surface area contributed by atoms with Crippen molar-refractivity contribution in [2.75, 3.05) is 0 Å². The summed E-state index contributed by atoms with van der Waals surface area (Å²) in [6.07, 6.45) is -3.77. The van der Waals surface area contributed by atoms with Gasteiger partial charge in [-0.2, -0.15) is 8.78 Å². The number of alkyl halides is 4. The van der Waals surface area contributed by atoms with Crippen LogP contribution >= 0.6 is 0 Å². The molecule has 2 aromatic rings. The van der Waals surface area contributed by atoms with E-state index in [0.29, 0.717) is 5.52 Å². The summed E-state index contributed by atoms with van der Waals surface area (Å²) in [5, 5.41) is 0. The van der Waals surface area contributed by atoms with Gasteiger partial charge < -0.3 is 4.98 Å².